The van der Waals surface area contributed by atoms with Crippen LogP contribution in [0.1, 0.15) is 36.1 Å². The first kappa shape index (κ1) is 18.2. The summed E-state index contributed by atoms with van der Waals surface area (Å²) in [4.78, 5) is 0.235. The van der Waals surface area contributed by atoms with Gasteiger partial charge in [-0.2, -0.15) is 0 Å². The van der Waals surface area contributed by atoms with Crippen LogP contribution >= 0.6 is 15.9 Å². The number of hydrogen-bond donors (Lipinski definition) is 1. The Balaban J connectivity index is 2.57. The summed E-state index contributed by atoms with van der Waals surface area (Å²) in [6.45, 7) is 3.84. The SMILES string of the molecule is CCC[C@@H](O)[C@@H](c1ccccc1Br)S(=O)(=O)c1ccc(C)cc1. The minimum atomic E-state index is -3.69. The number of rotatable bonds is 6. The highest BCUT2D eigenvalue weighted by Gasteiger charge is 2.35. The van der Waals surface area contributed by atoms with E-state index in [1.54, 1.807) is 42.5 Å². The van der Waals surface area contributed by atoms with Crippen LogP contribution in [0.5, 0.6) is 0 Å². The van der Waals surface area contributed by atoms with Gasteiger partial charge in [0.15, 0.2) is 9.84 Å². The molecule has 0 aliphatic carbocycles. The molecule has 0 bridgehead atoms. The van der Waals surface area contributed by atoms with Gasteiger partial charge in [0, 0.05) is 4.47 Å². The van der Waals surface area contributed by atoms with Crippen LogP contribution in [0.15, 0.2) is 57.9 Å². The number of aryl methyl sites for hydroxylation is 1. The fourth-order valence-corrected chi connectivity index (χ4v) is 5.19. The molecule has 0 radical (unpaired) electrons. The Kier molecular flexibility index (Phi) is 6.00. The zero-order valence-electron chi connectivity index (χ0n) is 13.2. The monoisotopic (exact) mass is 396 g/mol. The highest BCUT2D eigenvalue weighted by Crippen LogP contribution is 2.37. The molecule has 0 saturated heterocycles. The summed E-state index contributed by atoms with van der Waals surface area (Å²) in [6, 6.07) is 13.9. The average Bonchev–Trinajstić information content (AvgIpc) is 2.50. The maximum Gasteiger partial charge on any atom is 0.187 e. The highest BCUT2D eigenvalue weighted by molar-refractivity contribution is 9.10. The maximum atomic E-state index is 13.1. The minimum Gasteiger partial charge on any atom is -0.391 e. The summed E-state index contributed by atoms with van der Waals surface area (Å²) >= 11 is 3.42. The van der Waals surface area contributed by atoms with Gasteiger partial charge in [-0.25, -0.2) is 8.42 Å². The second-order valence-corrected chi connectivity index (χ2v) is 8.58. The molecule has 0 aromatic heterocycles. The lowest BCUT2D eigenvalue weighted by Crippen LogP contribution is -2.27. The number of aliphatic hydroxyl groups excluding tert-OH is 1. The smallest absolute Gasteiger partial charge is 0.187 e. The van der Waals surface area contributed by atoms with E-state index < -0.39 is 21.2 Å². The molecule has 2 aromatic carbocycles. The number of benzene rings is 2. The largest absolute Gasteiger partial charge is 0.391 e. The van der Waals surface area contributed by atoms with Crippen LogP contribution < -0.4 is 0 Å². The molecular weight excluding hydrogens is 376 g/mol. The van der Waals surface area contributed by atoms with Crippen molar-refractivity contribution in [3.63, 3.8) is 0 Å². The van der Waals surface area contributed by atoms with E-state index in [-0.39, 0.29) is 4.90 Å². The molecule has 0 heterocycles. The third-order valence-electron chi connectivity index (χ3n) is 3.83. The van der Waals surface area contributed by atoms with Gasteiger partial charge in [-0.15, -0.1) is 0 Å². The molecule has 0 saturated carbocycles. The van der Waals surface area contributed by atoms with Crippen molar-refractivity contribution in [2.75, 3.05) is 0 Å². The topological polar surface area (TPSA) is 54.4 Å². The predicted octanol–water partition coefficient (Wildman–Crippen LogP) is 4.43. The average molecular weight is 397 g/mol. The molecule has 1 N–H and O–H groups in total. The molecule has 0 unspecified atom stereocenters. The molecule has 3 nitrogen and oxygen atoms in total. The number of halogens is 1. The molecule has 124 valence electrons. The van der Waals surface area contributed by atoms with Crippen molar-refractivity contribution in [2.45, 2.75) is 42.9 Å². The summed E-state index contributed by atoms with van der Waals surface area (Å²) in [5, 5.41) is 9.55. The molecule has 0 aliphatic heterocycles. The zero-order chi connectivity index (χ0) is 17.0. The Morgan fingerprint density at radius 2 is 1.70 bits per heavy atom. The van der Waals surface area contributed by atoms with Crippen molar-refractivity contribution < 1.29 is 13.5 Å². The maximum absolute atomic E-state index is 13.1. The highest BCUT2D eigenvalue weighted by atomic mass is 79.9. The van der Waals surface area contributed by atoms with E-state index >= 15 is 0 Å². The Hall–Kier alpha value is -1.17. The molecule has 0 spiro atoms. The molecule has 0 aliphatic rings. The van der Waals surface area contributed by atoms with Crippen LogP contribution in [0.3, 0.4) is 0 Å². The van der Waals surface area contributed by atoms with E-state index in [4.69, 9.17) is 0 Å². The van der Waals surface area contributed by atoms with E-state index in [9.17, 15) is 13.5 Å². The van der Waals surface area contributed by atoms with Crippen LogP contribution in [0, 0.1) is 6.92 Å². The van der Waals surface area contributed by atoms with Gasteiger partial charge < -0.3 is 5.11 Å². The summed E-state index contributed by atoms with van der Waals surface area (Å²) in [7, 11) is -3.69. The minimum absolute atomic E-state index is 0.235. The lowest BCUT2D eigenvalue weighted by Gasteiger charge is -2.24. The fourth-order valence-electron chi connectivity index (χ4n) is 2.61. The van der Waals surface area contributed by atoms with Crippen LogP contribution in [-0.2, 0) is 9.84 Å². The standard InChI is InChI=1S/C18H21BrO3S/c1-3-6-17(20)18(15-7-4-5-8-16(15)19)23(21,22)14-11-9-13(2)10-12-14/h4-5,7-12,17-18,20H,3,6H2,1-2H3/t17-,18-/m1/s1. The Bertz CT molecular complexity index is 754. The van der Waals surface area contributed by atoms with E-state index in [0.717, 1.165) is 5.56 Å². The Morgan fingerprint density at radius 3 is 2.26 bits per heavy atom. The van der Waals surface area contributed by atoms with Crippen LogP contribution in [-0.4, -0.2) is 19.6 Å². The molecular formula is C18H21BrO3S. The van der Waals surface area contributed by atoms with Gasteiger partial charge in [0.25, 0.3) is 0 Å². The second-order valence-electron chi connectivity index (χ2n) is 5.66. The van der Waals surface area contributed by atoms with Crippen molar-refractivity contribution in [3.05, 3.63) is 64.1 Å². The summed E-state index contributed by atoms with van der Waals surface area (Å²) < 4.78 is 27.0. The first-order valence-electron chi connectivity index (χ1n) is 7.61. The Morgan fingerprint density at radius 1 is 1.09 bits per heavy atom. The lowest BCUT2D eigenvalue weighted by atomic mass is 10.0. The molecule has 2 aromatic rings. The van der Waals surface area contributed by atoms with E-state index in [1.807, 2.05) is 19.9 Å². The van der Waals surface area contributed by atoms with E-state index in [2.05, 4.69) is 15.9 Å². The number of aliphatic hydroxyl groups is 1. The third kappa shape index (κ3) is 4.03. The summed E-state index contributed by atoms with van der Waals surface area (Å²) in [6.07, 6.45) is 0.188. The third-order valence-corrected chi connectivity index (χ3v) is 6.72. The van der Waals surface area contributed by atoms with Gasteiger partial charge in [-0.1, -0.05) is 65.2 Å². The molecule has 2 atom stereocenters. The van der Waals surface area contributed by atoms with Gasteiger partial charge >= 0.3 is 0 Å². The van der Waals surface area contributed by atoms with Crippen LogP contribution in [0.4, 0.5) is 0 Å². The fraction of sp³-hybridized carbons (Fsp3) is 0.333. The van der Waals surface area contributed by atoms with Crippen molar-refractivity contribution >= 4 is 25.8 Å². The number of hydrogen-bond acceptors (Lipinski definition) is 3. The molecule has 0 fully saturated rings. The molecule has 5 heteroatoms. The van der Waals surface area contributed by atoms with E-state index in [0.29, 0.717) is 22.9 Å². The van der Waals surface area contributed by atoms with Crippen molar-refractivity contribution in [1.29, 1.82) is 0 Å². The first-order valence-corrected chi connectivity index (χ1v) is 9.95. The Labute approximate surface area is 146 Å². The van der Waals surface area contributed by atoms with Crippen LogP contribution in [0.25, 0.3) is 0 Å². The van der Waals surface area contributed by atoms with Gasteiger partial charge in [-0.05, 0) is 37.1 Å². The van der Waals surface area contributed by atoms with Gasteiger partial charge in [-0.3, -0.25) is 0 Å². The summed E-state index contributed by atoms with van der Waals surface area (Å²) in [5.41, 5.74) is 1.59. The van der Waals surface area contributed by atoms with Crippen LogP contribution in [0.2, 0.25) is 0 Å². The lowest BCUT2D eigenvalue weighted by molar-refractivity contribution is 0.157. The van der Waals surface area contributed by atoms with Gasteiger partial charge in [0.05, 0.1) is 11.0 Å². The van der Waals surface area contributed by atoms with Gasteiger partial charge in [0.1, 0.15) is 5.25 Å². The molecule has 23 heavy (non-hydrogen) atoms. The second kappa shape index (κ2) is 7.60. The number of sulfone groups is 1. The first-order chi connectivity index (χ1) is 10.9. The van der Waals surface area contributed by atoms with Gasteiger partial charge in [0.2, 0.25) is 0 Å². The zero-order valence-corrected chi connectivity index (χ0v) is 15.6. The molecule has 2 rings (SSSR count). The summed E-state index contributed by atoms with van der Waals surface area (Å²) in [5.74, 6) is 0. The van der Waals surface area contributed by atoms with Crippen molar-refractivity contribution in [3.8, 4) is 0 Å². The molecule has 0 amide bonds. The quantitative estimate of drug-likeness (QED) is 0.785. The predicted molar refractivity (Wildman–Crippen MR) is 96.2 cm³/mol. The van der Waals surface area contributed by atoms with Crippen molar-refractivity contribution in [2.24, 2.45) is 0 Å². The van der Waals surface area contributed by atoms with E-state index in [1.165, 1.54) is 0 Å². The normalized spacial score (nSPS) is 14.4. The van der Waals surface area contributed by atoms with Crippen molar-refractivity contribution in [1.82, 2.24) is 0 Å².